The average Bonchev–Trinajstić information content (AvgIpc) is 3.31. The molecule has 6 nitrogen and oxygen atoms in total. The highest BCUT2D eigenvalue weighted by Gasteiger charge is 2.40. The van der Waals surface area contributed by atoms with Crippen molar-refractivity contribution in [3.05, 3.63) is 77.1 Å². The van der Waals surface area contributed by atoms with Crippen LogP contribution in [0.5, 0.6) is 0 Å². The van der Waals surface area contributed by atoms with Crippen LogP contribution in [0.25, 0.3) is 5.69 Å². The number of aromatic nitrogens is 2. The summed E-state index contributed by atoms with van der Waals surface area (Å²) in [5, 5.41) is 6.32. The maximum absolute atomic E-state index is 13.9. The van der Waals surface area contributed by atoms with E-state index in [1.165, 1.54) is 30.7 Å². The second-order valence-electron chi connectivity index (χ2n) is 8.89. The lowest BCUT2D eigenvalue weighted by Crippen LogP contribution is -2.38. The van der Waals surface area contributed by atoms with Crippen LogP contribution >= 0.6 is 0 Å². The molecule has 1 N–H and O–H groups in total. The maximum atomic E-state index is 13.9. The second kappa shape index (κ2) is 9.93. The molecule has 1 aliphatic rings. The van der Waals surface area contributed by atoms with E-state index in [9.17, 15) is 22.8 Å². The van der Waals surface area contributed by atoms with Crippen molar-refractivity contribution in [2.75, 3.05) is 12.4 Å². The third-order valence-electron chi connectivity index (χ3n) is 6.39. The number of halogens is 3. The van der Waals surface area contributed by atoms with Crippen LogP contribution in [0.15, 0.2) is 54.7 Å². The first-order valence-electron chi connectivity index (χ1n) is 11.6. The molecule has 0 bridgehead atoms. The molecule has 1 fully saturated rings. The number of alkyl halides is 3. The van der Waals surface area contributed by atoms with E-state index in [4.69, 9.17) is 0 Å². The van der Waals surface area contributed by atoms with Gasteiger partial charge in [0.05, 0.1) is 17.4 Å². The normalized spacial score (nSPS) is 14.5. The van der Waals surface area contributed by atoms with E-state index in [0.29, 0.717) is 5.56 Å². The Hall–Kier alpha value is -3.62. The molecule has 2 amide bonds. The van der Waals surface area contributed by atoms with Crippen molar-refractivity contribution in [2.24, 2.45) is 0 Å². The van der Waals surface area contributed by atoms with Crippen LogP contribution in [0.3, 0.4) is 0 Å². The Balaban J connectivity index is 1.52. The number of anilines is 1. The van der Waals surface area contributed by atoms with Crippen LogP contribution in [0.4, 0.5) is 18.9 Å². The molecular weight excluding hydrogens is 457 g/mol. The first-order chi connectivity index (χ1) is 16.6. The van der Waals surface area contributed by atoms with Gasteiger partial charge < -0.3 is 10.2 Å². The number of carbonyl (C=O) groups excluding carboxylic acids is 2. The van der Waals surface area contributed by atoms with Gasteiger partial charge in [-0.2, -0.15) is 18.3 Å². The van der Waals surface area contributed by atoms with Crippen molar-refractivity contribution in [1.82, 2.24) is 14.7 Å². The molecule has 0 spiro atoms. The van der Waals surface area contributed by atoms with Crippen molar-refractivity contribution in [3.8, 4) is 5.69 Å². The highest BCUT2D eigenvalue weighted by Crippen LogP contribution is 2.34. The van der Waals surface area contributed by atoms with Crippen LogP contribution in [0.1, 0.15) is 64.1 Å². The Labute approximate surface area is 201 Å². The minimum absolute atomic E-state index is 0.117. The van der Waals surface area contributed by atoms with Crippen molar-refractivity contribution < 1.29 is 22.8 Å². The molecule has 1 aromatic heterocycles. The van der Waals surface area contributed by atoms with Crippen molar-refractivity contribution >= 4 is 17.5 Å². The van der Waals surface area contributed by atoms with Gasteiger partial charge in [0.15, 0.2) is 5.69 Å². The summed E-state index contributed by atoms with van der Waals surface area (Å²) < 4.78 is 42.4. The molecule has 1 heterocycles. The first kappa shape index (κ1) is 24.5. The van der Waals surface area contributed by atoms with Gasteiger partial charge in [-0.1, -0.05) is 37.0 Å². The molecule has 4 rings (SSSR count). The average molecular weight is 485 g/mol. The fourth-order valence-corrected chi connectivity index (χ4v) is 4.40. The molecule has 0 saturated heterocycles. The number of aryl methyl sites for hydroxylation is 1. The molecular formula is C26H27F3N4O2. The SMILES string of the molecule is Cc1ccc(-n2ncc(C(=O)Nc3ccc(C(=O)N(C)C4CCCCC4)cc3)c2C(F)(F)F)cc1. The van der Waals surface area contributed by atoms with E-state index in [2.05, 4.69) is 10.4 Å². The Bertz CT molecular complexity index is 1190. The summed E-state index contributed by atoms with van der Waals surface area (Å²) in [6, 6.07) is 12.7. The van der Waals surface area contributed by atoms with Gasteiger partial charge in [0, 0.05) is 24.3 Å². The fourth-order valence-electron chi connectivity index (χ4n) is 4.40. The fraction of sp³-hybridized carbons (Fsp3) is 0.346. The number of hydrogen-bond donors (Lipinski definition) is 1. The third kappa shape index (κ3) is 5.39. The number of nitrogens with zero attached hydrogens (tertiary/aromatic N) is 3. The monoisotopic (exact) mass is 484 g/mol. The summed E-state index contributed by atoms with van der Waals surface area (Å²) in [6.45, 7) is 1.82. The van der Waals surface area contributed by atoms with E-state index in [0.717, 1.165) is 42.1 Å². The number of rotatable bonds is 5. The summed E-state index contributed by atoms with van der Waals surface area (Å²) in [7, 11) is 1.79. The van der Waals surface area contributed by atoms with E-state index in [1.807, 2.05) is 6.92 Å². The summed E-state index contributed by atoms with van der Waals surface area (Å²) >= 11 is 0. The van der Waals surface area contributed by atoms with Gasteiger partial charge in [0.1, 0.15) is 0 Å². The number of hydrogen-bond acceptors (Lipinski definition) is 3. The predicted molar refractivity (Wildman–Crippen MR) is 127 cm³/mol. The van der Waals surface area contributed by atoms with Gasteiger partial charge in [-0.15, -0.1) is 0 Å². The van der Waals surface area contributed by atoms with Crippen LogP contribution in [-0.4, -0.2) is 39.6 Å². The van der Waals surface area contributed by atoms with Crippen molar-refractivity contribution in [1.29, 1.82) is 0 Å². The van der Waals surface area contributed by atoms with E-state index in [-0.39, 0.29) is 23.3 Å². The predicted octanol–water partition coefficient (Wildman–Crippen LogP) is 5.86. The molecule has 3 aromatic rings. The summed E-state index contributed by atoms with van der Waals surface area (Å²) in [5.41, 5.74) is 0.0866. The molecule has 35 heavy (non-hydrogen) atoms. The van der Waals surface area contributed by atoms with Crippen LogP contribution < -0.4 is 5.32 Å². The van der Waals surface area contributed by atoms with Gasteiger partial charge >= 0.3 is 6.18 Å². The molecule has 0 atom stereocenters. The van der Waals surface area contributed by atoms with Gasteiger partial charge in [0.2, 0.25) is 0 Å². The molecule has 0 radical (unpaired) electrons. The summed E-state index contributed by atoms with van der Waals surface area (Å²) in [6.07, 6.45) is 1.47. The van der Waals surface area contributed by atoms with Crippen molar-refractivity contribution in [3.63, 3.8) is 0 Å². The summed E-state index contributed by atoms with van der Waals surface area (Å²) in [5.74, 6) is -1.05. The zero-order chi connectivity index (χ0) is 25.2. The first-order valence-corrected chi connectivity index (χ1v) is 11.6. The quantitative estimate of drug-likeness (QED) is 0.494. The van der Waals surface area contributed by atoms with E-state index < -0.39 is 23.3 Å². The Morgan fingerprint density at radius 3 is 2.23 bits per heavy atom. The molecule has 0 aliphatic heterocycles. The second-order valence-corrected chi connectivity index (χ2v) is 8.89. The lowest BCUT2D eigenvalue weighted by Gasteiger charge is -2.31. The maximum Gasteiger partial charge on any atom is 0.434 e. The molecule has 184 valence electrons. The van der Waals surface area contributed by atoms with E-state index in [1.54, 1.807) is 36.2 Å². The largest absolute Gasteiger partial charge is 0.434 e. The lowest BCUT2D eigenvalue weighted by molar-refractivity contribution is -0.143. The van der Waals surface area contributed by atoms with Crippen LogP contribution in [-0.2, 0) is 6.18 Å². The van der Waals surface area contributed by atoms with Crippen molar-refractivity contribution in [2.45, 2.75) is 51.2 Å². The minimum atomic E-state index is -4.80. The Kier molecular flexibility index (Phi) is 6.95. The zero-order valence-corrected chi connectivity index (χ0v) is 19.6. The van der Waals surface area contributed by atoms with Gasteiger partial charge in [0.25, 0.3) is 11.8 Å². The molecule has 1 saturated carbocycles. The summed E-state index contributed by atoms with van der Waals surface area (Å²) in [4.78, 5) is 27.3. The highest BCUT2D eigenvalue weighted by atomic mass is 19.4. The third-order valence-corrected chi connectivity index (χ3v) is 6.39. The number of nitrogens with one attached hydrogen (secondary N) is 1. The number of benzene rings is 2. The van der Waals surface area contributed by atoms with Gasteiger partial charge in [-0.3, -0.25) is 9.59 Å². The topological polar surface area (TPSA) is 67.2 Å². The molecule has 2 aromatic carbocycles. The van der Waals surface area contributed by atoms with E-state index >= 15 is 0 Å². The minimum Gasteiger partial charge on any atom is -0.339 e. The standard InChI is InChI=1S/C26H27F3N4O2/c1-17-8-14-21(15-9-17)33-23(26(27,28)29)22(16-30-33)24(34)31-19-12-10-18(11-13-19)25(35)32(2)20-6-4-3-5-7-20/h8-16,20H,3-7H2,1-2H3,(H,31,34). The number of amides is 2. The van der Waals surface area contributed by atoms with Crippen LogP contribution in [0.2, 0.25) is 0 Å². The van der Waals surface area contributed by atoms with Gasteiger partial charge in [-0.25, -0.2) is 4.68 Å². The number of carbonyl (C=O) groups is 2. The smallest absolute Gasteiger partial charge is 0.339 e. The zero-order valence-electron chi connectivity index (χ0n) is 19.6. The van der Waals surface area contributed by atoms with Gasteiger partial charge in [-0.05, 0) is 56.2 Å². The molecule has 0 unspecified atom stereocenters. The lowest BCUT2D eigenvalue weighted by atomic mass is 9.94. The van der Waals surface area contributed by atoms with Crippen LogP contribution in [0, 0.1) is 6.92 Å². The Morgan fingerprint density at radius 2 is 1.63 bits per heavy atom. The highest BCUT2D eigenvalue weighted by molar-refractivity contribution is 6.05. The molecule has 9 heteroatoms. The Morgan fingerprint density at radius 1 is 1.00 bits per heavy atom. The molecule has 1 aliphatic carbocycles.